The molecule has 5 rings (SSSR count). The Kier molecular flexibility index (Phi) is 13.8. The van der Waals surface area contributed by atoms with Crippen LogP contribution in [0, 0.1) is 17.8 Å². The monoisotopic (exact) mass is 806 g/mol. The number of aliphatic hydroxyl groups is 1. The zero-order chi connectivity index (χ0) is 39.2. The van der Waals surface area contributed by atoms with Crippen LogP contribution in [0.5, 0.6) is 0 Å². The number of alkyl halides is 1. The summed E-state index contributed by atoms with van der Waals surface area (Å²) in [6.07, 6.45) is 3.42. The van der Waals surface area contributed by atoms with Gasteiger partial charge in [0, 0.05) is 42.3 Å². The molecule has 3 amide bonds. The van der Waals surface area contributed by atoms with Gasteiger partial charge in [-0.3, -0.25) is 19.2 Å². The van der Waals surface area contributed by atoms with Gasteiger partial charge in [0.15, 0.2) is 0 Å². The van der Waals surface area contributed by atoms with Crippen molar-refractivity contribution in [3.63, 3.8) is 0 Å². The zero-order valence-electron chi connectivity index (χ0n) is 31.9. The predicted octanol–water partition coefficient (Wildman–Crippen LogP) is 5.57. The third-order valence-corrected chi connectivity index (χ3v) is 12.3. The highest BCUT2D eigenvalue weighted by Gasteiger charge is 2.77. The van der Waals surface area contributed by atoms with Crippen LogP contribution in [-0.4, -0.2) is 95.1 Å². The number of nitrogens with one attached hydrogen (secondary N) is 1. The molecule has 54 heavy (non-hydrogen) atoms. The molecule has 0 saturated carbocycles. The van der Waals surface area contributed by atoms with Crippen molar-refractivity contribution in [3.05, 3.63) is 85.5 Å². The van der Waals surface area contributed by atoms with Crippen molar-refractivity contribution < 1.29 is 33.8 Å². The van der Waals surface area contributed by atoms with E-state index in [-0.39, 0.29) is 48.7 Å². The van der Waals surface area contributed by atoms with Gasteiger partial charge in [0.25, 0.3) is 5.91 Å². The summed E-state index contributed by atoms with van der Waals surface area (Å²) in [7, 11) is 0. The van der Waals surface area contributed by atoms with Gasteiger partial charge in [0.2, 0.25) is 11.8 Å². The molecule has 9 atom stereocenters. The molecule has 12 heteroatoms. The van der Waals surface area contributed by atoms with E-state index in [4.69, 9.17) is 9.47 Å². The Morgan fingerprint density at radius 2 is 1.74 bits per heavy atom. The summed E-state index contributed by atoms with van der Waals surface area (Å²) in [4.78, 5) is 62.2. The highest BCUT2D eigenvalue weighted by atomic mass is 79.9. The van der Waals surface area contributed by atoms with Crippen molar-refractivity contribution in [1.82, 2.24) is 10.2 Å². The number of esters is 1. The fourth-order valence-electron chi connectivity index (χ4n) is 8.46. The Balaban J connectivity index is 1.53. The van der Waals surface area contributed by atoms with E-state index in [0.717, 1.165) is 18.8 Å². The molecular formula is C42H55BrN4O7. The molecule has 1 unspecified atom stereocenters. The first-order valence-electron chi connectivity index (χ1n) is 19.2. The second kappa shape index (κ2) is 18.1. The molecule has 2 aromatic carbocycles. The van der Waals surface area contributed by atoms with Gasteiger partial charge in [-0.1, -0.05) is 78.7 Å². The van der Waals surface area contributed by atoms with E-state index in [2.05, 4.69) is 53.2 Å². The number of hydrogen-bond donors (Lipinski definition) is 2. The number of halogens is 1. The molecule has 0 radical (unpaired) electrons. The van der Waals surface area contributed by atoms with Crippen molar-refractivity contribution >= 4 is 51.0 Å². The van der Waals surface area contributed by atoms with E-state index >= 15 is 4.79 Å². The maximum absolute atomic E-state index is 15.2. The molecule has 3 fully saturated rings. The number of nitrogens with zero attached hydrogens (tertiary/aromatic N) is 3. The van der Waals surface area contributed by atoms with Crippen LogP contribution in [0.3, 0.4) is 0 Å². The average Bonchev–Trinajstić information content (AvgIpc) is 3.78. The van der Waals surface area contributed by atoms with Gasteiger partial charge in [-0.05, 0) is 62.4 Å². The van der Waals surface area contributed by atoms with E-state index in [9.17, 15) is 19.5 Å². The van der Waals surface area contributed by atoms with Gasteiger partial charge in [0.1, 0.15) is 17.7 Å². The number of rotatable bonds is 19. The first kappa shape index (κ1) is 41.2. The van der Waals surface area contributed by atoms with E-state index in [0.29, 0.717) is 30.5 Å². The number of aliphatic hydroxyl groups excluding tert-OH is 1. The van der Waals surface area contributed by atoms with Crippen LogP contribution in [0.25, 0.3) is 0 Å². The van der Waals surface area contributed by atoms with Crippen LogP contribution in [0.4, 0.5) is 11.4 Å². The van der Waals surface area contributed by atoms with E-state index < -0.39 is 53.6 Å². The van der Waals surface area contributed by atoms with Crippen LogP contribution in [0.1, 0.15) is 65.0 Å². The van der Waals surface area contributed by atoms with Crippen LogP contribution in [0.2, 0.25) is 0 Å². The first-order chi connectivity index (χ1) is 26.0. The van der Waals surface area contributed by atoms with Crippen LogP contribution >= 0.6 is 15.9 Å². The number of likely N-dealkylation sites (tertiary alicyclic amines) is 1. The van der Waals surface area contributed by atoms with E-state index in [1.54, 1.807) is 17.1 Å². The minimum atomic E-state index is -1.38. The fraction of sp³-hybridized carbons (Fsp3) is 0.524. The molecule has 0 aliphatic carbocycles. The summed E-state index contributed by atoms with van der Waals surface area (Å²) >= 11 is 3.76. The number of carbonyl (C=O) groups is 4. The maximum Gasteiger partial charge on any atom is 0.313 e. The van der Waals surface area contributed by atoms with Gasteiger partial charge >= 0.3 is 5.97 Å². The highest BCUT2D eigenvalue weighted by Crippen LogP contribution is 2.61. The van der Waals surface area contributed by atoms with Gasteiger partial charge < -0.3 is 34.6 Å². The van der Waals surface area contributed by atoms with E-state index in [1.807, 2.05) is 68.4 Å². The molecule has 3 saturated heterocycles. The number of anilines is 2. The van der Waals surface area contributed by atoms with Crippen LogP contribution < -0.4 is 15.1 Å². The van der Waals surface area contributed by atoms with Gasteiger partial charge in [-0.2, -0.15) is 0 Å². The molecule has 11 nitrogen and oxygen atoms in total. The summed E-state index contributed by atoms with van der Waals surface area (Å²) in [5.41, 5.74) is 0.960. The molecule has 2 bridgehead atoms. The van der Waals surface area contributed by atoms with Crippen LogP contribution in [0.15, 0.2) is 79.9 Å². The lowest BCUT2D eigenvalue weighted by atomic mass is 9.70. The largest absolute Gasteiger partial charge is 0.455 e. The quantitative estimate of drug-likeness (QED) is 0.107. The molecule has 0 aromatic heterocycles. The maximum atomic E-state index is 15.2. The third kappa shape index (κ3) is 7.88. The second-order valence-corrected chi connectivity index (χ2v) is 15.6. The molecule has 292 valence electrons. The normalized spacial score (nSPS) is 25.7. The van der Waals surface area contributed by atoms with Crippen molar-refractivity contribution in [1.29, 1.82) is 0 Å². The lowest BCUT2D eigenvalue weighted by Gasteiger charge is -2.41. The lowest BCUT2D eigenvalue weighted by molar-refractivity contribution is -0.161. The molecule has 3 aliphatic heterocycles. The molecule has 2 aromatic rings. The summed E-state index contributed by atoms with van der Waals surface area (Å²) in [5, 5.41) is 13.7. The number of hydrogen-bond acceptors (Lipinski definition) is 8. The Morgan fingerprint density at radius 3 is 2.33 bits per heavy atom. The SMILES string of the molecule is C=CCCC(=O)NC[C@@H](OC(=O)[C@@H]1[C@H]2O[C@@]3(CC2Br)[C@H](C(=O)N(CC=C)c2ccc(N(CC)CC)cc2)N([C@@H](CO)[C@@H](C)CC)C(=O)[C@@H]13)c1ccccc1. The number of benzene rings is 2. The smallest absolute Gasteiger partial charge is 0.313 e. The molecule has 3 aliphatic rings. The number of allylic oxidation sites excluding steroid dienone is 1. The summed E-state index contributed by atoms with van der Waals surface area (Å²) in [6.45, 7) is 17.2. The molecular weight excluding hydrogens is 752 g/mol. The molecule has 2 N–H and O–H groups in total. The van der Waals surface area contributed by atoms with Gasteiger partial charge in [0.05, 0.1) is 37.1 Å². The van der Waals surface area contributed by atoms with Crippen molar-refractivity contribution in [3.8, 4) is 0 Å². The Bertz CT molecular complexity index is 1650. The topological polar surface area (TPSA) is 129 Å². The fourth-order valence-corrected chi connectivity index (χ4v) is 9.40. The molecule has 1 spiro atoms. The van der Waals surface area contributed by atoms with Gasteiger partial charge in [-0.15, -0.1) is 13.2 Å². The zero-order valence-corrected chi connectivity index (χ0v) is 33.5. The predicted molar refractivity (Wildman–Crippen MR) is 213 cm³/mol. The van der Waals surface area contributed by atoms with Crippen molar-refractivity contribution in [2.45, 2.75) is 88.1 Å². The lowest BCUT2D eigenvalue weighted by Crippen LogP contribution is -2.60. The number of carbonyl (C=O) groups excluding carboxylic acids is 4. The summed E-state index contributed by atoms with van der Waals surface area (Å²) in [5.74, 6) is -3.89. The number of amides is 3. The Morgan fingerprint density at radius 1 is 1.07 bits per heavy atom. The minimum Gasteiger partial charge on any atom is -0.455 e. The summed E-state index contributed by atoms with van der Waals surface area (Å²) in [6, 6.07) is 15.0. The van der Waals surface area contributed by atoms with Gasteiger partial charge in [-0.25, -0.2) is 0 Å². The molecule has 3 heterocycles. The number of ether oxygens (including phenoxy) is 2. The van der Waals surface area contributed by atoms with Crippen molar-refractivity contribution in [2.24, 2.45) is 17.8 Å². The highest BCUT2D eigenvalue weighted by molar-refractivity contribution is 9.09. The Labute approximate surface area is 327 Å². The average molecular weight is 808 g/mol. The first-order valence-corrected chi connectivity index (χ1v) is 20.1. The number of fused-ring (bicyclic) bond motifs is 1. The van der Waals surface area contributed by atoms with Crippen LogP contribution in [-0.2, 0) is 28.7 Å². The standard InChI is InChI=1S/C42H55BrN4O7/c1-7-12-18-34(49)44-25-33(28-16-14-13-15-17-28)53-41(52)35-36-39(50)47(32(26-48)27(6)9-3)38(42(36)24-31(43)37(35)54-42)40(51)46(23-8-2)30-21-19-29(20-22-30)45(10-4)11-5/h7-8,13-17,19-22,27,31-33,35-38,48H,1-2,9-12,18,23-26H2,3-6H3,(H,44,49)/t27-,31?,32-,33+,35-,36+,37-,38-,42+/m0/s1. The second-order valence-electron chi connectivity index (χ2n) is 14.4. The van der Waals surface area contributed by atoms with E-state index in [1.165, 1.54) is 4.90 Å². The third-order valence-electron chi connectivity index (χ3n) is 11.4. The Hall–Kier alpha value is -4.00. The minimum absolute atomic E-state index is 0.0306. The van der Waals surface area contributed by atoms with Crippen molar-refractivity contribution in [2.75, 3.05) is 42.6 Å². The summed E-state index contributed by atoms with van der Waals surface area (Å²) < 4.78 is 13.0.